The lowest BCUT2D eigenvalue weighted by molar-refractivity contribution is -0.150. The third-order valence-corrected chi connectivity index (χ3v) is 17.1. The molecule has 57 heavy (non-hydrogen) atoms. The fourth-order valence-corrected chi connectivity index (χ4v) is 13.5. The number of carbonyl (C=O) groups is 4. The zero-order valence-electron chi connectivity index (χ0n) is 33.0. The molecule has 3 fully saturated rings. The van der Waals surface area contributed by atoms with Crippen LogP contribution in [0.1, 0.15) is 42.9 Å². The SMILES string of the molecule is COc1ccc([Si](C)(C)[C@H]2[C@H](CC(=O)N(CCO)Cc3ccccc3)O[C@@]3(C(=O)N(Cc4cccc(N5CCC5=O)c4)c4ccc(N5CCC5=O)cc43)[C@@H]2C)cc1. The Labute approximate surface area is 334 Å². The van der Waals surface area contributed by atoms with Crippen molar-refractivity contribution in [3.05, 3.63) is 114 Å². The predicted octanol–water partition coefficient (Wildman–Crippen LogP) is 5.34. The molecule has 0 bridgehead atoms. The summed E-state index contributed by atoms with van der Waals surface area (Å²) in [5.74, 6) is 0.105. The Morgan fingerprint density at radius 1 is 0.877 bits per heavy atom. The minimum absolute atomic E-state index is 0.0228. The maximum absolute atomic E-state index is 15.5. The number of aliphatic hydroxyl groups excluding tert-OH is 1. The first-order chi connectivity index (χ1) is 27.5. The summed E-state index contributed by atoms with van der Waals surface area (Å²) in [7, 11) is -0.943. The molecule has 0 saturated carbocycles. The average Bonchev–Trinajstić information content (AvgIpc) is 3.62. The molecular formula is C45H50N4O7Si. The number of nitrogens with zero attached hydrogens (tertiary/aromatic N) is 4. The van der Waals surface area contributed by atoms with Crippen LogP contribution in [0.2, 0.25) is 18.6 Å². The van der Waals surface area contributed by atoms with Crippen LogP contribution in [0.25, 0.3) is 0 Å². The van der Waals surface area contributed by atoms with E-state index in [-0.39, 0.29) is 61.2 Å². The standard InChI is InChI=1S/C45H50N4O7Si/c1-30-43(57(3,4)36-16-14-35(55-2)15-17-36)39(27-42(53)46(23-24-50)28-31-9-6-5-7-10-31)56-45(30)37-26-34(48-22-20-41(48)52)13-18-38(37)49(44(45)54)29-32-11-8-12-33(25-32)47-21-19-40(47)51/h5-18,25-26,30,39,43,50H,19-24,27-29H2,1-4H3/t30-,39+,43-,45+/m1/s1. The summed E-state index contributed by atoms with van der Waals surface area (Å²) in [6.07, 6.45) is 0.374. The van der Waals surface area contributed by atoms with Gasteiger partial charge in [-0.3, -0.25) is 19.2 Å². The Balaban J connectivity index is 1.21. The lowest BCUT2D eigenvalue weighted by Crippen LogP contribution is -2.52. The van der Waals surface area contributed by atoms with Gasteiger partial charge >= 0.3 is 0 Å². The number of β-lactam (4-membered cyclic amide) rings is 2. The minimum atomic E-state index is -2.58. The highest BCUT2D eigenvalue weighted by molar-refractivity contribution is 6.91. The second-order valence-electron chi connectivity index (χ2n) is 16.2. The van der Waals surface area contributed by atoms with Crippen LogP contribution in [0.5, 0.6) is 5.75 Å². The second-order valence-corrected chi connectivity index (χ2v) is 20.9. The third-order valence-electron chi connectivity index (χ3n) is 12.7. The largest absolute Gasteiger partial charge is 0.497 e. The molecule has 4 aliphatic heterocycles. The summed E-state index contributed by atoms with van der Waals surface area (Å²) in [6.45, 7) is 8.46. The lowest BCUT2D eigenvalue weighted by Gasteiger charge is -2.37. The Bertz CT molecular complexity index is 2200. The van der Waals surface area contributed by atoms with E-state index >= 15 is 4.79 Å². The van der Waals surface area contributed by atoms with Crippen LogP contribution in [-0.2, 0) is 42.6 Å². The highest BCUT2D eigenvalue weighted by Crippen LogP contribution is 2.60. The molecule has 4 amide bonds. The van der Waals surface area contributed by atoms with E-state index in [0.717, 1.165) is 27.8 Å². The van der Waals surface area contributed by atoms with Gasteiger partial charge in [-0.2, -0.15) is 0 Å². The fourth-order valence-electron chi connectivity index (χ4n) is 9.53. The third kappa shape index (κ3) is 6.73. The molecule has 11 nitrogen and oxygen atoms in total. The summed E-state index contributed by atoms with van der Waals surface area (Å²) >= 11 is 0. The van der Waals surface area contributed by atoms with E-state index in [1.54, 1.807) is 26.7 Å². The van der Waals surface area contributed by atoms with Gasteiger partial charge < -0.3 is 34.2 Å². The Morgan fingerprint density at radius 2 is 1.54 bits per heavy atom. The van der Waals surface area contributed by atoms with E-state index < -0.39 is 19.8 Å². The molecule has 296 valence electrons. The zero-order chi connectivity index (χ0) is 40.1. The van der Waals surface area contributed by atoms with Gasteiger partial charge in [0.2, 0.25) is 17.7 Å². The van der Waals surface area contributed by atoms with Crippen molar-refractivity contribution in [1.82, 2.24) is 4.90 Å². The van der Waals surface area contributed by atoms with Crippen molar-refractivity contribution in [2.24, 2.45) is 5.92 Å². The van der Waals surface area contributed by atoms with Gasteiger partial charge in [0, 0.05) is 61.9 Å². The van der Waals surface area contributed by atoms with E-state index in [9.17, 15) is 19.5 Å². The normalized spacial score (nSPS) is 22.8. The van der Waals surface area contributed by atoms with Gasteiger partial charge in [0.05, 0.1) is 46.5 Å². The number of carbonyl (C=O) groups excluding carboxylic acids is 4. The number of anilines is 3. The maximum Gasteiger partial charge on any atom is 0.264 e. The molecule has 1 spiro atoms. The maximum atomic E-state index is 15.5. The molecule has 0 unspecified atom stereocenters. The number of benzene rings is 4. The highest BCUT2D eigenvalue weighted by Gasteiger charge is 2.66. The number of hydrogen-bond donors (Lipinski definition) is 1. The Morgan fingerprint density at radius 3 is 2.16 bits per heavy atom. The van der Waals surface area contributed by atoms with Gasteiger partial charge in [-0.15, -0.1) is 0 Å². The molecule has 1 N–H and O–H groups in total. The molecule has 0 aromatic heterocycles. The number of hydrogen-bond acceptors (Lipinski definition) is 7. The van der Waals surface area contributed by atoms with Crippen molar-refractivity contribution in [3.63, 3.8) is 0 Å². The van der Waals surface area contributed by atoms with Crippen LogP contribution >= 0.6 is 0 Å². The van der Waals surface area contributed by atoms with Crippen LogP contribution in [0.4, 0.5) is 17.1 Å². The molecule has 12 heteroatoms. The van der Waals surface area contributed by atoms with Gasteiger partial charge in [0.25, 0.3) is 5.91 Å². The smallest absolute Gasteiger partial charge is 0.264 e. The van der Waals surface area contributed by atoms with E-state index in [1.807, 2.05) is 84.9 Å². The first-order valence-electron chi connectivity index (χ1n) is 19.9. The van der Waals surface area contributed by atoms with Crippen molar-refractivity contribution in [1.29, 1.82) is 0 Å². The first kappa shape index (κ1) is 38.6. The fraction of sp³-hybridized carbons (Fsp3) is 0.378. The van der Waals surface area contributed by atoms with Crippen LogP contribution in [0.3, 0.4) is 0 Å². The molecule has 4 atom stereocenters. The van der Waals surface area contributed by atoms with Crippen molar-refractivity contribution in [2.45, 2.75) is 69.6 Å². The Kier molecular flexibility index (Phi) is 10.3. The van der Waals surface area contributed by atoms with E-state index in [4.69, 9.17) is 9.47 Å². The Hall–Kier alpha value is -5.30. The highest BCUT2D eigenvalue weighted by atomic mass is 28.3. The molecule has 4 aliphatic rings. The molecule has 4 aromatic rings. The lowest BCUT2D eigenvalue weighted by atomic mass is 9.82. The number of fused-ring (bicyclic) bond motifs is 2. The molecule has 3 saturated heterocycles. The van der Waals surface area contributed by atoms with Gasteiger partial charge in [0.1, 0.15) is 5.75 Å². The molecule has 4 aromatic carbocycles. The van der Waals surface area contributed by atoms with Gasteiger partial charge in [-0.1, -0.05) is 79.8 Å². The quantitative estimate of drug-likeness (QED) is 0.144. The summed E-state index contributed by atoms with van der Waals surface area (Å²) in [4.78, 5) is 62.0. The number of rotatable bonds is 13. The zero-order valence-corrected chi connectivity index (χ0v) is 34.0. The molecule has 8 rings (SSSR count). The molecule has 0 radical (unpaired) electrons. The van der Waals surface area contributed by atoms with Crippen LogP contribution < -0.4 is 24.6 Å². The summed E-state index contributed by atoms with van der Waals surface area (Å²) in [5, 5.41) is 11.2. The number of amides is 4. The van der Waals surface area contributed by atoms with Crippen molar-refractivity contribution < 1.29 is 33.8 Å². The van der Waals surface area contributed by atoms with Crippen LogP contribution in [0, 0.1) is 5.92 Å². The number of ether oxygens (including phenoxy) is 2. The minimum Gasteiger partial charge on any atom is -0.497 e. The predicted molar refractivity (Wildman–Crippen MR) is 221 cm³/mol. The number of methoxy groups -OCH3 is 1. The van der Waals surface area contributed by atoms with Crippen LogP contribution in [-0.4, -0.2) is 81.2 Å². The monoisotopic (exact) mass is 786 g/mol. The molecule has 4 heterocycles. The van der Waals surface area contributed by atoms with E-state index in [2.05, 4.69) is 32.2 Å². The molecule has 0 aliphatic carbocycles. The average molecular weight is 787 g/mol. The molecular weight excluding hydrogens is 737 g/mol. The van der Waals surface area contributed by atoms with Crippen molar-refractivity contribution in [2.75, 3.05) is 48.1 Å². The summed E-state index contributed by atoms with van der Waals surface area (Å²) in [5.41, 5.74) is 3.09. The van der Waals surface area contributed by atoms with Crippen molar-refractivity contribution in [3.8, 4) is 5.75 Å². The second kappa shape index (κ2) is 15.2. The van der Waals surface area contributed by atoms with Gasteiger partial charge in [-0.05, 0) is 59.1 Å². The van der Waals surface area contributed by atoms with Gasteiger partial charge in [0.15, 0.2) is 5.60 Å². The number of aliphatic hydroxyl groups is 1. The van der Waals surface area contributed by atoms with Gasteiger partial charge in [-0.25, -0.2) is 0 Å². The van der Waals surface area contributed by atoms with Crippen LogP contribution in [0.15, 0.2) is 97.1 Å². The topological polar surface area (TPSA) is 120 Å². The van der Waals surface area contributed by atoms with E-state index in [1.165, 1.54) is 0 Å². The first-order valence-corrected chi connectivity index (χ1v) is 22.9. The summed E-state index contributed by atoms with van der Waals surface area (Å²) < 4.78 is 12.8. The van der Waals surface area contributed by atoms with Crippen molar-refractivity contribution >= 4 is 54.0 Å². The summed E-state index contributed by atoms with van der Waals surface area (Å²) in [6, 6.07) is 31.3. The van der Waals surface area contributed by atoms with E-state index in [0.29, 0.717) is 49.4 Å².